The molecule has 0 atom stereocenters. The second-order valence-corrected chi connectivity index (χ2v) is 4.49. The van der Waals surface area contributed by atoms with Crippen molar-refractivity contribution < 1.29 is 14.4 Å². The van der Waals surface area contributed by atoms with Crippen LogP contribution in [0.3, 0.4) is 0 Å². The summed E-state index contributed by atoms with van der Waals surface area (Å²) in [5.74, 6) is -0.992. The lowest BCUT2D eigenvalue weighted by Crippen LogP contribution is -2.22. The highest BCUT2D eigenvalue weighted by molar-refractivity contribution is 6.02. The average Bonchev–Trinajstić information content (AvgIpc) is 2.39. The average molecular weight is 293 g/mol. The largest absolute Gasteiger partial charge is 0.372 e. The highest BCUT2D eigenvalue weighted by atomic mass is 16.1. The quantitative estimate of drug-likeness (QED) is 0.673. The third-order valence-corrected chi connectivity index (χ3v) is 2.93. The number of nitrogens with two attached hydrogens (primary N) is 3. The summed E-state index contributed by atoms with van der Waals surface area (Å²) < 4.78 is 0. The molecule has 21 heavy (non-hydrogen) atoms. The zero-order chi connectivity index (χ0) is 16.4. The van der Waals surface area contributed by atoms with Gasteiger partial charge in [0.25, 0.3) is 0 Å². The van der Waals surface area contributed by atoms with E-state index in [4.69, 9.17) is 16.3 Å². The molecule has 0 unspecified atom stereocenters. The molecule has 0 aromatic heterocycles. The molecule has 0 aliphatic carbocycles. The lowest BCUT2D eigenvalue weighted by molar-refractivity contribution is -0.106. The van der Waals surface area contributed by atoms with Gasteiger partial charge in [-0.1, -0.05) is 32.8 Å². The zero-order valence-corrected chi connectivity index (χ0v) is 12.5. The number of rotatable bonds is 6. The van der Waals surface area contributed by atoms with Crippen LogP contribution in [0, 0.1) is 0 Å². The summed E-state index contributed by atoms with van der Waals surface area (Å²) in [6, 6.07) is 3.48. The van der Waals surface area contributed by atoms with Crippen LogP contribution in [0.15, 0.2) is 12.1 Å². The summed E-state index contributed by atoms with van der Waals surface area (Å²) in [6.07, 6.45) is 3.40. The molecule has 6 N–H and O–H groups in total. The Bertz CT molecular complexity index is 513. The molecule has 0 bridgehead atoms. The van der Waals surface area contributed by atoms with Gasteiger partial charge in [-0.25, -0.2) is 0 Å². The van der Waals surface area contributed by atoms with Crippen LogP contribution < -0.4 is 17.2 Å². The zero-order valence-electron chi connectivity index (χ0n) is 12.5. The van der Waals surface area contributed by atoms with Crippen LogP contribution in [0.1, 0.15) is 58.5 Å². The van der Waals surface area contributed by atoms with Gasteiger partial charge in [0, 0.05) is 11.1 Å². The number of amides is 3. The smallest absolute Gasteiger partial charge is 0.249 e. The van der Waals surface area contributed by atoms with Crippen molar-refractivity contribution in [1.82, 2.24) is 0 Å². The van der Waals surface area contributed by atoms with E-state index >= 15 is 0 Å². The van der Waals surface area contributed by atoms with Gasteiger partial charge in [-0.15, -0.1) is 0 Å². The molecular weight excluding hydrogens is 270 g/mol. The van der Waals surface area contributed by atoms with Crippen LogP contribution in [-0.2, 0) is 17.6 Å². The van der Waals surface area contributed by atoms with Gasteiger partial charge in [-0.2, -0.15) is 0 Å². The number of carbonyl (C=O) groups excluding carboxylic acids is 3. The van der Waals surface area contributed by atoms with Crippen molar-refractivity contribution in [2.45, 2.75) is 39.5 Å². The fourth-order valence-electron chi connectivity index (χ4n) is 2.22. The molecule has 0 aliphatic rings. The van der Waals surface area contributed by atoms with E-state index in [1.165, 1.54) is 0 Å². The van der Waals surface area contributed by atoms with E-state index in [2.05, 4.69) is 5.73 Å². The normalized spacial score (nSPS) is 9.43. The topological polar surface area (TPSA) is 129 Å². The van der Waals surface area contributed by atoms with E-state index in [0.717, 1.165) is 24.8 Å². The molecule has 0 heterocycles. The minimum absolute atomic E-state index is 0.250. The van der Waals surface area contributed by atoms with Crippen LogP contribution >= 0.6 is 0 Å². The highest BCUT2D eigenvalue weighted by Gasteiger charge is 2.18. The predicted octanol–water partition coefficient (Wildman–Crippen LogP) is 0.891. The van der Waals surface area contributed by atoms with Gasteiger partial charge in [0.2, 0.25) is 18.2 Å². The predicted molar refractivity (Wildman–Crippen MR) is 81.7 cm³/mol. The number of hydrogen-bond donors (Lipinski definition) is 3. The van der Waals surface area contributed by atoms with Crippen molar-refractivity contribution in [2.75, 3.05) is 0 Å². The Morgan fingerprint density at radius 1 is 1.05 bits per heavy atom. The molecule has 0 saturated heterocycles. The van der Waals surface area contributed by atoms with E-state index in [0.29, 0.717) is 23.1 Å². The third kappa shape index (κ3) is 5.25. The Balaban J connectivity index is 0.00000122. The molecule has 6 nitrogen and oxygen atoms in total. The van der Waals surface area contributed by atoms with E-state index < -0.39 is 11.8 Å². The number of carbonyl (C=O) groups is 3. The Morgan fingerprint density at radius 3 is 1.95 bits per heavy atom. The van der Waals surface area contributed by atoms with Crippen molar-refractivity contribution in [3.8, 4) is 0 Å². The monoisotopic (exact) mass is 293 g/mol. The number of hydrogen-bond acceptors (Lipinski definition) is 3. The fourth-order valence-corrected chi connectivity index (χ4v) is 2.22. The Morgan fingerprint density at radius 2 is 1.57 bits per heavy atom. The lowest BCUT2D eigenvalue weighted by atomic mass is 9.90. The molecule has 116 valence electrons. The Hall–Kier alpha value is -2.37. The molecule has 1 aromatic carbocycles. The molecule has 6 heteroatoms. The SMILES string of the molecule is CCCc1ccc(C(N)=O)c(CCC)c1C(N)=O.NC=O. The van der Waals surface area contributed by atoms with Gasteiger partial charge in [0.15, 0.2) is 0 Å². The van der Waals surface area contributed by atoms with Crippen molar-refractivity contribution >= 4 is 18.2 Å². The second kappa shape index (κ2) is 9.52. The lowest BCUT2D eigenvalue weighted by Gasteiger charge is -2.14. The molecule has 0 fully saturated rings. The Kier molecular flexibility index (Phi) is 8.45. The molecule has 3 amide bonds. The van der Waals surface area contributed by atoms with Crippen LogP contribution in [0.5, 0.6) is 0 Å². The van der Waals surface area contributed by atoms with E-state index in [1.807, 2.05) is 13.8 Å². The first-order valence-corrected chi connectivity index (χ1v) is 6.84. The van der Waals surface area contributed by atoms with Crippen LogP contribution in [0.25, 0.3) is 0 Å². The standard InChI is InChI=1S/C14H20N2O2.CH3NO/c1-3-5-9-7-8-11(13(15)17)10(6-4-2)12(9)14(16)18;2-1-3/h7-8H,3-6H2,1-2H3,(H2,15,17)(H2,16,18);1H,(H2,2,3). The maximum absolute atomic E-state index is 11.6. The van der Waals surface area contributed by atoms with Gasteiger partial charge in [0.1, 0.15) is 0 Å². The first-order chi connectivity index (χ1) is 9.94. The van der Waals surface area contributed by atoms with E-state index in [9.17, 15) is 9.59 Å². The van der Waals surface area contributed by atoms with Gasteiger partial charge in [-0.3, -0.25) is 14.4 Å². The molecule has 0 aliphatic heterocycles. The first kappa shape index (κ1) is 18.6. The first-order valence-electron chi connectivity index (χ1n) is 6.84. The molecule has 1 rings (SSSR count). The van der Waals surface area contributed by atoms with Gasteiger partial charge < -0.3 is 17.2 Å². The summed E-state index contributed by atoms with van der Waals surface area (Å²) >= 11 is 0. The summed E-state index contributed by atoms with van der Waals surface area (Å²) in [5.41, 5.74) is 17.5. The summed E-state index contributed by atoms with van der Waals surface area (Å²) in [5, 5.41) is 0. The maximum atomic E-state index is 11.6. The number of benzene rings is 1. The third-order valence-electron chi connectivity index (χ3n) is 2.93. The van der Waals surface area contributed by atoms with E-state index in [-0.39, 0.29) is 6.41 Å². The summed E-state index contributed by atoms with van der Waals surface area (Å²) in [7, 11) is 0. The van der Waals surface area contributed by atoms with Gasteiger partial charge >= 0.3 is 0 Å². The molecule has 0 saturated carbocycles. The summed E-state index contributed by atoms with van der Waals surface area (Å²) in [4.78, 5) is 31.6. The van der Waals surface area contributed by atoms with Crippen LogP contribution in [0.4, 0.5) is 0 Å². The molecule has 0 spiro atoms. The second-order valence-electron chi connectivity index (χ2n) is 4.49. The fraction of sp³-hybridized carbons (Fsp3) is 0.400. The number of primary amides is 3. The van der Waals surface area contributed by atoms with E-state index in [1.54, 1.807) is 12.1 Å². The molecular formula is C15H23N3O3. The maximum Gasteiger partial charge on any atom is 0.249 e. The summed E-state index contributed by atoms with van der Waals surface area (Å²) in [6.45, 7) is 4.02. The van der Waals surface area contributed by atoms with Crippen molar-refractivity contribution in [2.24, 2.45) is 17.2 Å². The highest BCUT2D eigenvalue weighted by Crippen LogP contribution is 2.22. The van der Waals surface area contributed by atoms with Crippen molar-refractivity contribution in [3.05, 3.63) is 34.4 Å². The van der Waals surface area contributed by atoms with Crippen molar-refractivity contribution in [3.63, 3.8) is 0 Å². The minimum Gasteiger partial charge on any atom is -0.372 e. The molecule has 0 radical (unpaired) electrons. The minimum atomic E-state index is -0.510. The van der Waals surface area contributed by atoms with Crippen LogP contribution in [-0.4, -0.2) is 18.2 Å². The van der Waals surface area contributed by atoms with Crippen molar-refractivity contribution in [1.29, 1.82) is 0 Å². The van der Waals surface area contributed by atoms with Gasteiger partial charge in [0.05, 0.1) is 0 Å². The number of aryl methyl sites for hydroxylation is 1. The van der Waals surface area contributed by atoms with Crippen LogP contribution in [0.2, 0.25) is 0 Å². The van der Waals surface area contributed by atoms with Gasteiger partial charge in [-0.05, 0) is 30.0 Å². The molecule has 1 aromatic rings. The Labute approximate surface area is 124 Å².